The summed E-state index contributed by atoms with van der Waals surface area (Å²) in [5, 5.41) is 3.25. The molecule has 17 heavy (non-hydrogen) atoms. The lowest BCUT2D eigenvalue weighted by Crippen LogP contribution is -2.11. The number of rotatable bonds is 4. The monoisotopic (exact) mass is 230 g/mol. The van der Waals surface area contributed by atoms with E-state index in [9.17, 15) is 4.39 Å². The number of hydrogen-bond acceptors (Lipinski definition) is 2. The lowest BCUT2D eigenvalue weighted by atomic mass is 10.0. The topological polar surface area (TPSA) is 24.9 Å². The Morgan fingerprint density at radius 1 is 1.18 bits per heavy atom. The van der Waals surface area contributed by atoms with Crippen LogP contribution in [0.1, 0.15) is 12.5 Å². The second-order valence-corrected chi connectivity index (χ2v) is 3.83. The van der Waals surface area contributed by atoms with Crippen LogP contribution in [0.3, 0.4) is 0 Å². The first-order valence-electron chi connectivity index (χ1n) is 5.71. The summed E-state index contributed by atoms with van der Waals surface area (Å²) in [6.07, 6.45) is 2.84. The molecule has 0 saturated heterocycles. The lowest BCUT2D eigenvalue weighted by molar-refractivity contribution is 0.625. The van der Waals surface area contributed by atoms with Crippen LogP contribution in [0.2, 0.25) is 0 Å². The van der Waals surface area contributed by atoms with Crippen LogP contribution in [0.15, 0.2) is 42.7 Å². The van der Waals surface area contributed by atoms with Crippen molar-refractivity contribution in [3.05, 3.63) is 54.1 Å². The number of nitrogens with zero attached hydrogens (tertiary/aromatic N) is 1. The summed E-state index contributed by atoms with van der Waals surface area (Å²) in [6, 6.07) is 9.58. The van der Waals surface area contributed by atoms with Crippen molar-refractivity contribution in [3.63, 3.8) is 0 Å². The van der Waals surface area contributed by atoms with Crippen molar-refractivity contribution in [2.24, 2.45) is 0 Å². The number of aromatic nitrogens is 1. The highest BCUT2D eigenvalue weighted by molar-refractivity contribution is 5.63. The van der Waals surface area contributed by atoms with Gasteiger partial charge in [0.25, 0.3) is 0 Å². The Morgan fingerprint density at radius 2 is 1.94 bits per heavy atom. The van der Waals surface area contributed by atoms with Crippen LogP contribution in [0.25, 0.3) is 11.1 Å². The van der Waals surface area contributed by atoms with Gasteiger partial charge in [0.05, 0.1) is 6.20 Å². The van der Waals surface area contributed by atoms with E-state index < -0.39 is 0 Å². The zero-order chi connectivity index (χ0) is 12.1. The molecule has 3 heteroatoms. The third-order valence-corrected chi connectivity index (χ3v) is 2.62. The minimum Gasteiger partial charge on any atom is -0.313 e. The second-order valence-electron chi connectivity index (χ2n) is 3.83. The van der Waals surface area contributed by atoms with E-state index in [1.165, 1.54) is 11.8 Å². The Kier molecular flexibility index (Phi) is 3.83. The normalized spacial score (nSPS) is 10.5. The van der Waals surface area contributed by atoms with Crippen LogP contribution in [0, 0.1) is 5.82 Å². The van der Waals surface area contributed by atoms with Gasteiger partial charge in [-0.15, -0.1) is 0 Å². The molecule has 88 valence electrons. The Morgan fingerprint density at radius 3 is 2.59 bits per heavy atom. The highest BCUT2D eigenvalue weighted by Gasteiger charge is 2.03. The van der Waals surface area contributed by atoms with Crippen molar-refractivity contribution in [1.82, 2.24) is 10.3 Å². The second kappa shape index (κ2) is 5.55. The van der Waals surface area contributed by atoms with Gasteiger partial charge >= 0.3 is 0 Å². The first-order valence-corrected chi connectivity index (χ1v) is 5.71. The van der Waals surface area contributed by atoms with E-state index in [-0.39, 0.29) is 5.82 Å². The number of pyridine rings is 1. The summed E-state index contributed by atoms with van der Waals surface area (Å²) in [4.78, 5) is 3.74. The number of benzene rings is 1. The average molecular weight is 230 g/mol. The minimum atomic E-state index is -0.285. The number of halogens is 1. The van der Waals surface area contributed by atoms with Gasteiger partial charge < -0.3 is 5.32 Å². The van der Waals surface area contributed by atoms with Gasteiger partial charge in [-0.1, -0.05) is 31.2 Å². The molecule has 0 spiro atoms. The first kappa shape index (κ1) is 11.7. The minimum absolute atomic E-state index is 0.285. The van der Waals surface area contributed by atoms with Crippen LogP contribution in [0.5, 0.6) is 0 Å². The summed E-state index contributed by atoms with van der Waals surface area (Å²) in [5.41, 5.74) is 2.67. The molecular weight excluding hydrogens is 215 g/mol. The fourth-order valence-corrected chi connectivity index (χ4v) is 1.68. The summed E-state index contributed by atoms with van der Waals surface area (Å²) < 4.78 is 13.5. The summed E-state index contributed by atoms with van der Waals surface area (Å²) in [7, 11) is 0. The van der Waals surface area contributed by atoms with E-state index in [4.69, 9.17) is 0 Å². The highest BCUT2D eigenvalue weighted by Crippen LogP contribution is 2.21. The van der Waals surface area contributed by atoms with Gasteiger partial charge in [0.1, 0.15) is 5.82 Å². The van der Waals surface area contributed by atoms with Crippen LogP contribution < -0.4 is 5.32 Å². The van der Waals surface area contributed by atoms with Gasteiger partial charge in [0.2, 0.25) is 0 Å². The molecule has 1 N–H and O–H groups in total. The number of hydrogen-bond donors (Lipinski definition) is 1. The quantitative estimate of drug-likeness (QED) is 0.873. The van der Waals surface area contributed by atoms with Crippen molar-refractivity contribution < 1.29 is 4.39 Å². The molecule has 0 bridgehead atoms. The molecule has 0 aliphatic heterocycles. The van der Waals surface area contributed by atoms with Crippen molar-refractivity contribution in [2.75, 3.05) is 6.54 Å². The standard InChI is InChI=1S/C14H15FN2/c1-2-16-9-11-3-5-12(6-4-11)13-7-8-17-10-14(13)15/h3-8,10,16H,2,9H2,1H3. The van der Waals surface area contributed by atoms with Gasteiger partial charge in [0, 0.05) is 18.3 Å². The first-order chi connectivity index (χ1) is 8.31. The molecule has 0 fully saturated rings. The molecule has 2 aromatic rings. The molecule has 1 aromatic heterocycles. The van der Waals surface area contributed by atoms with E-state index in [0.29, 0.717) is 5.56 Å². The SMILES string of the molecule is CCNCc1ccc(-c2ccncc2F)cc1. The largest absolute Gasteiger partial charge is 0.313 e. The summed E-state index contributed by atoms with van der Waals surface area (Å²) in [6.45, 7) is 3.86. The van der Waals surface area contributed by atoms with Crippen LogP contribution >= 0.6 is 0 Å². The molecule has 0 saturated carbocycles. The van der Waals surface area contributed by atoms with Gasteiger partial charge in [-0.25, -0.2) is 4.39 Å². The Balaban J connectivity index is 2.21. The van der Waals surface area contributed by atoms with Gasteiger partial charge in [-0.05, 0) is 23.7 Å². The predicted octanol–water partition coefficient (Wildman–Crippen LogP) is 3.00. The van der Waals surface area contributed by atoms with Crippen LogP contribution in [0.4, 0.5) is 4.39 Å². The Labute approximate surface area is 101 Å². The van der Waals surface area contributed by atoms with Crippen molar-refractivity contribution >= 4 is 0 Å². The molecule has 2 nitrogen and oxygen atoms in total. The Bertz CT molecular complexity index is 480. The summed E-state index contributed by atoms with van der Waals surface area (Å²) >= 11 is 0. The third kappa shape index (κ3) is 2.88. The lowest BCUT2D eigenvalue weighted by Gasteiger charge is -2.05. The van der Waals surface area contributed by atoms with Gasteiger partial charge in [0.15, 0.2) is 0 Å². The van der Waals surface area contributed by atoms with Crippen molar-refractivity contribution in [2.45, 2.75) is 13.5 Å². The number of nitrogens with one attached hydrogen (secondary N) is 1. The third-order valence-electron chi connectivity index (χ3n) is 2.62. The maximum absolute atomic E-state index is 13.5. The molecule has 1 aromatic carbocycles. The van der Waals surface area contributed by atoms with Crippen LogP contribution in [-0.4, -0.2) is 11.5 Å². The average Bonchev–Trinajstić information content (AvgIpc) is 2.38. The van der Waals surface area contributed by atoms with E-state index in [2.05, 4.69) is 17.2 Å². The maximum Gasteiger partial charge on any atom is 0.149 e. The molecule has 2 rings (SSSR count). The smallest absolute Gasteiger partial charge is 0.149 e. The molecule has 0 amide bonds. The highest BCUT2D eigenvalue weighted by atomic mass is 19.1. The van der Waals surface area contributed by atoms with E-state index in [1.807, 2.05) is 24.3 Å². The van der Waals surface area contributed by atoms with Gasteiger partial charge in [-0.3, -0.25) is 4.98 Å². The molecule has 0 aliphatic rings. The maximum atomic E-state index is 13.5. The van der Waals surface area contributed by atoms with E-state index in [1.54, 1.807) is 12.3 Å². The Hall–Kier alpha value is -1.74. The zero-order valence-corrected chi connectivity index (χ0v) is 9.78. The molecular formula is C14H15FN2. The van der Waals surface area contributed by atoms with Crippen LogP contribution in [-0.2, 0) is 6.54 Å². The fraction of sp³-hybridized carbons (Fsp3) is 0.214. The zero-order valence-electron chi connectivity index (χ0n) is 9.78. The van der Waals surface area contributed by atoms with Crippen molar-refractivity contribution in [1.29, 1.82) is 0 Å². The van der Waals surface area contributed by atoms with Crippen molar-refractivity contribution in [3.8, 4) is 11.1 Å². The van der Waals surface area contributed by atoms with E-state index in [0.717, 1.165) is 18.7 Å². The molecule has 0 aliphatic carbocycles. The predicted molar refractivity (Wildman–Crippen MR) is 67.0 cm³/mol. The molecule has 1 heterocycles. The summed E-state index contributed by atoms with van der Waals surface area (Å²) in [5.74, 6) is -0.285. The molecule has 0 atom stereocenters. The molecule has 0 unspecified atom stereocenters. The fourth-order valence-electron chi connectivity index (χ4n) is 1.68. The molecule has 0 radical (unpaired) electrons. The van der Waals surface area contributed by atoms with Gasteiger partial charge in [-0.2, -0.15) is 0 Å². The van der Waals surface area contributed by atoms with E-state index >= 15 is 0 Å².